The van der Waals surface area contributed by atoms with Crippen LogP contribution in [-0.4, -0.2) is 29.8 Å². The molecule has 0 heterocycles. The topological polar surface area (TPSA) is 49.4 Å². The van der Waals surface area contributed by atoms with Gasteiger partial charge in [0, 0.05) is 0 Å². The molecule has 3 nitrogen and oxygen atoms in total. The van der Waals surface area contributed by atoms with Crippen LogP contribution in [0.5, 0.6) is 0 Å². The average Bonchev–Trinajstić information content (AvgIpc) is 2.04. The van der Waals surface area contributed by atoms with E-state index in [2.05, 4.69) is 4.18 Å². The molecule has 0 N–H and O–H groups in total. The van der Waals surface area contributed by atoms with E-state index in [4.69, 9.17) is 0 Å². The monoisotopic (exact) mass is 304 g/mol. The van der Waals surface area contributed by atoms with Gasteiger partial charge in [0.2, 0.25) is 0 Å². The first-order valence-corrected chi connectivity index (χ1v) is 7.15. The largest absolute Gasteiger partial charge is 1.00 e. The fraction of sp³-hybridized carbons (Fsp3) is 0.250. The molecule has 6 heteroatoms. The second kappa shape index (κ2) is 7.68. The van der Waals surface area contributed by atoms with E-state index in [1.807, 2.05) is 44.7 Å². The normalized spacial score (nSPS) is 14.1. The molecule has 0 spiro atoms. The molecular formula is C8H9KO3SSe. The van der Waals surface area contributed by atoms with Crippen molar-refractivity contribution >= 4 is 22.8 Å². The number of hydrogen-bond donors (Lipinski definition) is 0. The van der Waals surface area contributed by atoms with Crippen molar-refractivity contribution in [2.45, 2.75) is 6.42 Å². The summed E-state index contributed by atoms with van der Waals surface area (Å²) in [4.78, 5) is 0. The second-order valence-electron chi connectivity index (χ2n) is 2.47. The van der Waals surface area contributed by atoms with Gasteiger partial charge in [-0.2, -0.15) is 0 Å². The van der Waals surface area contributed by atoms with Crippen molar-refractivity contribution in [2.24, 2.45) is 0 Å². The summed E-state index contributed by atoms with van der Waals surface area (Å²) in [6.07, 6.45) is 0.599. The molecular weight excluding hydrogens is 294 g/mol. The zero-order chi connectivity index (χ0) is 9.73. The fourth-order valence-electron chi connectivity index (χ4n) is 0.906. The third-order valence-electron chi connectivity index (χ3n) is 1.46. The van der Waals surface area contributed by atoms with Crippen LogP contribution in [0.2, 0.25) is 0 Å². The van der Waals surface area contributed by atoms with Crippen LogP contribution in [0.4, 0.5) is 0 Å². The minimum atomic E-state index is -3.42. The van der Waals surface area contributed by atoms with E-state index in [0.717, 1.165) is 5.56 Å². The van der Waals surface area contributed by atoms with Gasteiger partial charge in [-0.3, -0.25) is 0 Å². The zero-order valence-electron chi connectivity index (χ0n) is 7.84. The summed E-state index contributed by atoms with van der Waals surface area (Å²) in [6.45, 7) is 0.180. The van der Waals surface area contributed by atoms with Crippen molar-refractivity contribution in [3.63, 3.8) is 0 Å². The van der Waals surface area contributed by atoms with Crippen molar-refractivity contribution < 1.29 is 64.3 Å². The maximum atomic E-state index is 10.5. The standard InChI is InChI=1S/C8H10O3SSe.K/c9-12(10,13)11-7-6-8-4-2-1-3-5-8;/h1-5H,6-7H2,(H,9,10,13);/q;+1/p-1. The molecule has 1 aromatic rings. The molecule has 1 unspecified atom stereocenters. The van der Waals surface area contributed by atoms with Gasteiger partial charge in [0.25, 0.3) is 0 Å². The molecule has 1 aromatic carbocycles. The van der Waals surface area contributed by atoms with E-state index < -0.39 is 8.42 Å². The molecule has 14 heavy (non-hydrogen) atoms. The van der Waals surface area contributed by atoms with Crippen LogP contribution in [0, 0.1) is 0 Å². The van der Waals surface area contributed by atoms with E-state index in [-0.39, 0.29) is 58.0 Å². The Labute approximate surface area is 134 Å². The quantitative estimate of drug-likeness (QED) is 0.586. The van der Waals surface area contributed by atoms with Crippen molar-refractivity contribution in [1.29, 1.82) is 0 Å². The Bertz CT molecular complexity index is 352. The molecule has 1 atom stereocenters. The van der Waals surface area contributed by atoms with Crippen LogP contribution in [0.15, 0.2) is 30.3 Å². The van der Waals surface area contributed by atoms with Crippen molar-refractivity contribution in [2.75, 3.05) is 6.61 Å². The Morgan fingerprint density at radius 3 is 2.43 bits per heavy atom. The molecule has 0 bridgehead atoms. The Balaban J connectivity index is 0.00000169. The minimum absolute atomic E-state index is 0. The summed E-state index contributed by atoms with van der Waals surface area (Å²) < 4.78 is 25.6. The third kappa shape index (κ3) is 7.70. The predicted molar refractivity (Wildman–Crippen MR) is 50.8 cm³/mol. The maximum absolute atomic E-state index is 10.5. The van der Waals surface area contributed by atoms with Gasteiger partial charge in [-0.15, -0.1) is 0 Å². The third-order valence-corrected chi connectivity index (χ3v) is 2.52. The van der Waals surface area contributed by atoms with Gasteiger partial charge in [0.05, 0.1) is 0 Å². The Morgan fingerprint density at radius 2 is 1.93 bits per heavy atom. The van der Waals surface area contributed by atoms with Gasteiger partial charge in [0.1, 0.15) is 0 Å². The first-order chi connectivity index (χ1) is 6.08. The summed E-state index contributed by atoms with van der Waals surface area (Å²) in [5.41, 5.74) is 1.06. The Kier molecular flexibility index (Phi) is 8.47. The summed E-state index contributed by atoms with van der Waals surface area (Å²) in [7, 11) is -3.42. The second-order valence-corrected chi connectivity index (χ2v) is 6.09. The van der Waals surface area contributed by atoms with Crippen LogP contribution in [0.1, 0.15) is 5.56 Å². The van der Waals surface area contributed by atoms with Gasteiger partial charge < -0.3 is 0 Å². The van der Waals surface area contributed by atoms with Gasteiger partial charge in [-0.05, 0) is 0 Å². The van der Waals surface area contributed by atoms with Gasteiger partial charge in [0.15, 0.2) is 0 Å². The van der Waals surface area contributed by atoms with E-state index in [0.29, 0.717) is 6.42 Å². The SMILES string of the molecule is O=S([O-])(=[Se])OCCc1ccccc1.[K+]. The van der Waals surface area contributed by atoms with Crippen LogP contribution < -0.4 is 51.4 Å². The molecule has 0 aliphatic carbocycles. The summed E-state index contributed by atoms with van der Waals surface area (Å²) >= 11 is 1.95. The zero-order valence-corrected chi connectivity index (χ0v) is 13.5. The molecule has 1 rings (SSSR count). The minimum Gasteiger partial charge on any atom is 1.00 e. The molecule has 0 aliphatic rings. The van der Waals surface area contributed by atoms with Crippen LogP contribution in [-0.2, 0) is 19.0 Å². The first-order valence-electron chi connectivity index (χ1n) is 3.72. The number of benzene rings is 1. The molecule has 0 radical (unpaired) electrons. The molecule has 0 amide bonds. The van der Waals surface area contributed by atoms with Crippen molar-refractivity contribution in [3.8, 4) is 0 Å². The molecule has 0 saturated carbocycles. The van der Waals surface area contributed by atoms with E-state index >= 15 is 0 Å². The molecule has 0 aliphatic heterocycles. The molecule has 0 saturated heterocycles. The summed E-state index contributed by atoms with van der Waals surface area (Å²) in [5.74, 6) is 0. The van der Waals surface area contributed by atoms with Crippen molar-refractivity contribution in [3.05, 3.63) is 35.9 Å². The molecule has 0 aromatic heterocycles. The van der Waals surface area contributed by atoms with Crippen LogP contribution in [0.3, 0.4) is 0 Å². The molecule has 72 valence electrons. The maximum Gasteiger partial charge on any atom is 1.00 e. The van der Waals surface area contributed by atoms with E-state index in [9.17, 15) is 8.76 Å². The first kappa shape index (κ1) is 15.4. The summed E-state index contributed by atoms with van der Waals surface area (Å²) in [6, 6.07) is 9.57. The Morgan fingerprint density at radius 1 is 1.36 bits per heavy atom. The van der Waals surface area contributed by atoms with Gasteiger partial charge in [-0.25, -0.2) is 0 Å². The average molecular weight is 303 g/mol. The Hall–Kier alpha value is 1.45. The number of hydrogen-bond acceptors (Lipinski definition) is 3. The van der Waals surface area contributed by atoms with Gasteiger partial charge in [-0.1, -0.05) is 0 Å². The van der Waals surface area contributed by atoms with Crippen molar-refractivity contribution in [1.82, 2.24) is 0 Å². The van der Waals surface area contributed by atoms with Crippen LogP contribution in [0.25, 0.3) is 0 Å². The number of rotatable bonds is 4. The van der Waals surface area contributed by atoms with Gasteiger partial charge >= 0.3 is 136 Å². The molecule has 0 fully saturated rings. The summed E-state index contributed by atoms with van der Waals surface area (Å²) in [5, 5.41) is 0. The van der Waals surface area contributed by atoms with E-state index in [1.165, 1.54) is 0 Å². The smallest absolute Gasteiger partial charge is 1.00 e. The predicted octanol–water partition coefficient (Wildman–Crippen LogP) is -2.34. The fourth-order valence-corrected chi connectivity index (χ4v) is 1.62. The van der Waals surface area contributed by atoms with Crippen LogP contribution >= 0.6 is 0 Å². The van der Waals surface area contributed by atoms with E-state index in [1.54, 1.807) is 0 Å².